The number of aliphatic hydroxyl groups is 1. The molecule has 3 N–H and O–H groups in total. The number of thioether (sulfide) groups is 1. The van der Waals surface area contributed by atoms with Crippen LogP contribution in [0.15, 0.2) is 0 Å². The zero-order valence-corrected chi connectivity index (χ0v) is 10.5. The van der Waals surface area contributed by atoms with Crippen LogP contribution in [-0.4, -0.2) is 48.8 Å². The Balaban J connectivity index is 1.89. The first kappa shape index (κ1) is 13.8. The normalized spacial score (nSPS) is 19.9. The van der Waals surface area contributed by atoms with Crippen LogP contribution in [0.4, 0.5) is 0 Å². The van der Waals surface area contributed by atoms with Crippen molar-refractivity contribution in [2.75, 3.05) is 37.7 Å². The van der Waals surface area contributed by atoms with Gasteiger partial charge in [-0.05, 0) is 37.6 Å². The SMILES string of the molecule is O=C(CC1CCNC1)NCCSCCCO. The van der Waals surface area contributed by atoms with Crippen LogP contribution < -0.4 is 10.6 Å². The molecule has 0 aromatic rings. The van der Waals surface area contributed by atoms with E-state index in [4.69, 9.17) is 5.11 Å². The molecule has 16 heavy (non-hydrogen) atoms. The molecule has 1 rings (SSSR count). The Morgan fingerprint density at radius 3 is 3.06 bits per heavy atom. The molecule has 1 amide bonds. The topological polar surface area (TPSA) is 61.4 Å². The van der Waals surface area contributed by atoms with E-state index in [2.05, 4.69) is 10.6 Å². The quantitative estimate of drug-likeness (QED) is 0.536. The first-order valence-corrected chi connectivity index (χ1v) is 7.14. The van der Waals surface area contributed by atoms with Gasteiger partial charge in [-0.15, -0.1) is 0 Å². The van der Waals surface area contributed by atoms with Crippen molar-refractivity contribution in [3.63, 3.8) is 0 Å². The molecule has 1 aliphatic rings. The molecule has 1 atom stereocenters. The third kappa shape index (κ3) is 6.35. The highest BCUT2D eigenvalue weighted by Crippen LogP contribution is 2.11. The maximum Gasteiger partial charge on any atom is 0.220 e. The van der Waals surface area contributed by atoms with Crippen LogP contribution in [0.5, 0.6) is 0 Å². The van der Waals surface area contributed by atoms with Gasteiger partial charge >= 0.3 is 0 Å². The molecular formula is C11H22N2O2S. The zero-order valence-electron chi connectivity index (χ0n) is 9.71. The van der Waals surface area contributed by atoms with Crippen LogP contribution in [0.3, 0.4) is 0 Å². The number of carbonyl (C=O) groups is 1. The number of rotatable bonds is 8. The molecule has 0 aromatic carbocycles. The summed E-state index contributed by atoms with van der Waals surface area (Å²) in [6.07, 6.45) is 2.62. The number of carbonyl (C=O) groups excluding carboxylic acids is 1. The Kier molecular flexibility index (Phi) is 7.63. The maximum absolute atomic E-state index is 11.5. The minimum atomic E-state index is 0.177. The minimum absolute atomic E-state index is 0.177. The molecule has 0 radical (unpaired) electrons. The third-order valence-corrected chi connectivity index (χ3v) is 3.72. The summed E-state index contributed by atoms with van der Waals surface area (Å²) in [4.78, 5) is 11.5. The highest BCUT2D eigenvalue weighted by atomic mass is 32.2. The van der Waals surface area contributed by atoms with Crippen LogP contribution in [0.1, 0.15) is 19.3 Å². The van der Waals surface area contributed by atoms with Crippen LogP contribution in [0, 0.1) is 5.92 Å². The van der Waals surface area contributed by atoms with E-state index in [1.165, 1.54) is 0 Å². The van der Waals surface area contributed by atoms with Gasteiger partial charge in [-0.25, -0.2) is 0 Å². The lowest BCUT2D eigenvalue weighted by Crippen LogP contribution is -2.28. The van der Waals surface area contributed by atoms with Crippen molar-refractivity contribution in [2.24, 2.45) is 5.92 Å². The molecule has 1 aliphatic heterocycles. The molecular weight excluding hydrogens is 224 g/mol. The van der Waals surface area contributed by atoms with Gasteiger partial charge in [0.25, 0.3) is 0 Å². The number of aliphatic hydroxyl groups excluding tert-OH is 1. The fourth-order valence-electron chi connectivity index (χ4n) is 1.75. The van der Waals surface area contributed by atoms with Crippen molar-refractivity contribution >= 4 is 17.7 Å². The van der Waals surface area contributed by atoms with Crippen LogP contribution >= 0.6 is 11.8 Å². The smallest absolute Gasteiger partial charge is 0.220 e. The van der Waals surface area contributed by atoms with Crippen molar-refractivity contribution in [1.29, 1.82) is 0 Å². The lowest BCUT2D eigenvalue weighted by Gasteiger charge is -2.08. The standard InChI is InChI=1S/C11H22N2O2S/c14-5-1-6-16-7-4-13-11(15)8-10-2-3-12-9-10/h10,12,14H,1-9H2,(H,13,15). The first-order valence-electron chi connectivity index (χ1n) is 5.99. The van der Waals surface area contributed by atoms with Gasteiger partial charge < -0.3 is 15.7 Å². The molecule has 0 saturated carbocycles. The second-order valence-corrected chi connectivity index (χ2v) is 5.33. The summed E-state index contributed by atoms with van der Waals surface area (Å²) in [5.41, 5.74) is 0. The summed E-state index contributed by atoms with van der Waals surface area (Å²) in [6.45, 7) is 3.04. The maximum atomic E-state index is 11.5. The van der Waals surface area contributed by atoms with Gasteiger partial charge in [0.05, 0.1) is 0 Å². The van der Waals surface area contributed by atoms with Gasteiger partial charge in [-0.1, -0.05) is 0 Å². The highest BCUT2D eigenvalue weighted by Gasteiger charge is 2.17. The van der Waals surface area contributed by atoms with E-state index in [9.17, 15) is 4.79 Å². The summed E-state index contributed by atoms with van der Waals surface area (Å²) in [5.74, 6) is 2.62. The third-order valence-electron chi connectivity index (χ3n) is 2.65. The molecule has 0 spiro atoms. The van der Waals surface area contributed by atoms with E-state index < -0.39 is 0 Å². The Morgan fingerprint density at radius 2 is 2.38 bits per heavy atom. The second-order valence-electron chi connectivity index (χ2n) is 4.10. The fourth-order valence-corrected chi connectivity index (χ4v) is 2.54. The van der Waals surface area contributed by atoms with Crippen molar-refractivity contribution in [3.8, 4) is 0 Å². The molecule has 1 fully saturated rings. The Bertz CT molecular complexity index is 196. The van der Waals surface area contributed by atoms with Gasteiger partial charge in [0, 0.05) is 25.3 Å². The van der Waals surface area contributed by atoms with Crippen molar-refractivity contribution < 1.29 is 9.90 Å². The fraction of sp³-hybridized carbons (Fsp3) is 0.909. The Labute approximate surface area is 102 Å². The molecule has 94 valence electrons. The van der Waals surface area contributed by atoms with Gasteiger partial charge in [0.2, 0.25) is 5.91 Å². The van der Waals surface area contributed by atoms with Gasteiger partial charge in [0.15, 0.2) is 0 Å². The molecule has 0 bridgehead atoms. The monoisotopic (exact) mass is 246 g/mol. The van der Waals surface area contributed by atoms with E-state index in [-0.39, 0.29) is 12.5 Å². The van der Waals surface area contributed by atoms with Gasteiger partial charge in [-0.3, -0.25) is 4.79 Å². The average Bonchev–Trinajstić information content (AvgIpc) is 2.76. The minimum Gasteiger partial charge on any atom is -0.396 e. The lowest BCUT2D eigenvalue weighted by atomic mass is 10.1. The summed E-state index contributed by atoms with van der Waals surface area (Å²) < 4.78 is 0. The summed E-state index contributed by atoms with van der Waals surface area (Å²) in [6, 6.07) is 0. The number of hydrogen-bond acceptors (Lipinski definition) is 4. The predicted octanol–water partition coefficient (Wildman–Crippen LogP) is 0.218. The summed E-state index contributed by atoms with van der Waals surface area (Å²) >= 11 is 1.78. The van der Waals surface area contributed by atoms with Gasteiger partial charge in [-0.2, -0.15) is 11.8 Å². The van der Waals surface area contributed by atoms with E-state index in [0.717, 1.165) is 44.0 Å². The highest BCUT2D eigenvalue weighted by molar-refractivity contribution is 7.99. The Morgan fingerprint density at radius 1 is 1.50 bits per heavy atom. The predicted molar refractivity (Wildman–Crippen MR) is 67.6 cm³/mol. The zero-order chi connectivity index (χ0) is 11.6. The van der Waals surface area contributed by atoms with Crippen LogP contribution in [0.2, 0.25) is 0 Å². The first-order chi connectivity index (χ1) is 7.83. The number of amides is 1. The van der Waals surface area contributed by atoms with E-state index in [0.29, 0.717) is 12.3 Å². The molecule has 5 heteroatoms. The Hall–Kier alpha value is -0.260. The van der Waals surface area contributed by atoms with E-state index in [1.54, 1.807) is 11.8 Å². The molecule has 0 aliphatic carbocycles. The van der Waals surface area contributed by atoms with E-state index >= 15 is 0 Å². The van der Waals surface area contributed by atoms with Crippen molar-refractivity contribution in [2.45, 2.75) is 19.3 Å². The average molecular weight is 246 g/mol. The largest absolute Gasteiger partial charge is 0.396 e. The van der Waals surface area contributed by atoms with Crippen molar-refractivity contribution in [1.82, 2.24) is 10.6 Å². The van der Waals surface area contributed by atoms with Crippen LogP contribution in [-0.2, 0) is 4.79 Å². The number of nitrogens with one attached hydrogen (secondary N) is 2. The lowest BCUT2D eigenvalue weighted by molar-refractivity contribution is -0.121. The second kappa shape index (κ2) is 8.84. The molecule has 1 unspecified atom stereocenters. The van der Waals surface area contributed by atoms with E-state index in [1.807, 2.05) is 0 Å². The molecule has 4 nitrogen and oxygen atoms in total. The van der Waals surface area contributed by atoms with Crippen molar-refractivity contribution in [3.05, 3.63) is 0 Å². The molecule has 0 aromatic heterocycles. The number of hydrogen-bond donors (Lipinski definition) is 3. The molecule has 1 saturated heterocycles. The van der Waals surface area contributed by atoms with Crippen LogP contribution in [0.25, 0.3) is 0 Å². The molecule has 1 heterocycles. The summed E-state index contributed by atoms with van der Waals surface area (Å²) in [7, 11) is 0. The summed E-state index contributed by atoms with van der Waals surface area (Å²) in [5, 5.41) is 14.8. The van der Waals surface area contributed by atoms with Gasteiger partial charge in [0.1, 0.15) is 0 Å².